The van der Waals surface area contributed by atoms with E-state index in [9.17, 15) is 14.4 Å². The van der Waals surface area contributed by atoms with Gasteiger partial charge in [-0.3, -0.25) is 14.6 Å². The zero-order chi connectivity index (χ0) is 21.1. The highest BCUT2D eigenvalue weighted by Crippen LogP contribution is 2.37. The summed E-state index contributed by atoms with van der Waals surface area (Å²) in [4.78, 5) is 43.9. The molecule has 2 aromatic carbocycles. The Morgan fingerprint density at radius 1 is 1.17 bits per heavy atom. The predicted molar refractivity (Wildman–Crippen MR) is 114 cm³/mol. The van der Waals surface area contributed by atoms with Crippen molar-refractivity contribution >= 4 is 40.6 Å². The summed E-state index contributed by atoms with van der Waals surface area (Å²) in [5.41, 5.74) is 3.23. The molecule has 0 saturated heterocycles. The second kappa shape index (κ2) is 8.49. The van der Waals surface area contributed by atoms with Crippen LogP contribution in [0, 0.1) is 5.92 Å². The topological polar surface area (TPSA) is 88.1 Å². The van der Waals surface area contributed by atoms with Crippen LogP contribution in [0.2, 0.25) is 0 Å². The molecule has 0 radical (unpaired) electrons. The Hall–Kier alpha value is -3.48. The van der Waals surface area contributed by atoms with Gasteiger partial charge < -0.3 is 15.0 Å². The van der Waals surface area contributed by atoms with E-state index in [1.165, 1.54) is 4.90 Å². The van der Waals surface area contributed by atoms with E-state index in [-0.39, 0.29) is 24.3 Å². The molecule has 4 rings (SSSR count). The summed E-state index contributed by atoms with van der Waals surface area (Å²) in [6.45, 7) is 1.94. The monoisotopic (exact) mass is 405 g/mol. The standard InChI is InChI=1S/C23H23N3O4/c1-2-30-23(29)15-10-12-16(13-11-15)24-21(27)14-26-20-9-4-3-7-19(20)25-18-8-5-6-17(18)22(26)28/h3-4,7,9-13,17H,2,5-6,8,14H2,1H3,(H,24,27). The third kappa shape index (κ3) is 3.96. The summed E-state index contributed by atoms with van der Waals surface area (Å²) in [5, 5.41) is 2.80. The smallest absolute Gasteiger partial charge is 0.338 e. The fraction of sp³-hybridized carbons (Fsp3) is 0.304. The van der Waals surface area contributed by atoms with Crippen molar-refractivity contribution in [1.82, 2.24) is 0 Å². The fourth-order valence-electron chi connectivity index (χ4n) is 3.89. The number of nitrogens with zero attached hydrogens (tertiary/aromatic N) is 2. The molecule has 2 aliphatic rings. The van der Waals surface area contributed by atoms with E-state index < -0.39 is 5.97 Å². The third-order valence-electron chi connectivity index (χ3n) is 5.31. The minimum absolute atomic E-state index is 0.0796. The number of hydrogen-bond acceptors (Lipinski definition) is 5. The van der Waals surface area contributed by atoms with E-state index in [1.54, 1.807) is 31.2 Å². The van der Waals surface area contributed by atoms with Crippen LogP contribution < -0.4 is 10.2 Å². The molecule has 2 aromatic rings. The van der Waals surface area contributed by atoms with Crippen molar-refractivity contribution in [1.29, 1.82) is 0 Å². The quantitative estimate of drug-likeness (QED) is 0.768. The van der Waals surface area contributed by atoms with E-state index in [0.717, 1.165) is 30.7 Å². The Balaban J connectivity index is 1.50. The van der Waals surface area contributed by atoms with Gasteiger partial charge >= 0.3 is 5.97 Å². The van der Waals surface area contributed by atoms with Gasteiger partial charge in [0.1, 0.15) is 6.54 Å². The van der Waals surface area contributed by atoms with E-state index in [0.29, 0.717) is 23.5 Å². The molecule has 7 heteroatoms. The fourth-order valence-corrected chi connectivity index (χ4v) is 3.89. The van der Waals surface area contributed by atoms with Crippen molar-refractivity contribution in [2.75, 3.05) is 23.4 Å². The molecule has 0 spiro atoms. The molecule has 1 atom stereocenters. The van der Waals surface area contributed by atoms with Gasteiger partial charge in [-0.25, -0.2) is 4.79 Å². The minimum Gasteiger partial charge on any atom is -0.462 e. The van der Waals surface area contributed by atoms with Crippen LogP contribution in [0.1, 0.15) is 36.5 Å². The van der Waals surface area contributed by atoms with Gasteiger partial charge in [-0.05, 0) is 62.6 Å². The molecule has 154 valence electrons. The van der Waals surface area contributed by atoms with Gasteiger partial charge in [0.2, 0.25) is 11.8 Å². The van der Waals surface area contributed by atoms with Gasteiger partial charge in [-0.1, -0.05) is 12.1 Å². The number of fused-ring (bicyclic) bond motifs is 2. The normalized spacial score (nSPS) is 17.5. The number of rotatable bonds is 5. The summed E-state index contributed by atoms with van der Waals surface area (Å²) in [6, 6.07) is 13.9. The van der Waals surface area contributed by atoms with Gasteiger partial charge in [-0.15, -0.1) is 0 Å². The Kier molecular flexibility index (Phi) is 5.61. The van der Waals surface area contributed by atoms with Crippen LogP contribution in [0.15, 0.2) is 53.5 Å². The maximum atomic E-state index is 13.2. The summed E-state index contributed by atoms with van der Waals surface area (Å²) >= 11 is 0. The van der Waals surface area contributed by atoms with E-state index in [1.807, 2.05) is 24.3 Å². The van der Waals surface area contributed by atoms with Crippen molar-refractivity contribution in [3.05, 3.63) is 54.1 Å². The maximum absolute atomic E-state index is 13.2. The molecular weight excluding hydrogens is 382 g/mol. The number of nitrogens with one attached hydrogen (secondary N) is 1. The number of amides is 2. The van der Waals surface area contributed by atoms with E-state index in [2.05, 4.69) is 5.32 Å². The Morgan fingerprint density at radius 2 is 1.93 bits per heavy atom. The number of anilines is 2. The highest BCUT2D eigenvalue weighted by Gasteiger charge is 2.37. The van der Waals surface area contributed by atoms with Crippen molar-refractivity contribution in [3.63, 3.8) is 0 Å². The van der Waals surface area contributed by atoms with Crippen molar-refractivity contribution in [2.24, 2.45) is 10.9 Å². The largest absolute Gasteiger partial charge is 0.462 e. The number of carbonyl (C=O) groups excluding carboxylic acids is 3. The predicted octanol–water partition coefficient (Wildman–Crippen LogP) is 3.72. The highest BCUT2D eigenvalue weighted by molar-refractivity contribution is 6.16. The Labute approximate surface area is 174 Å². The second-order valence-electron chi connectivity index (χ2n) is 7.31. The molecule has 1 N–H and O–H groups in total. The zero-order valence-electron chi connectivity index (χ0n) is 16.8. The second-order valence-corrected chi connectivity index (χ2v) is 7.31. The van der Waals surface area contributed by atoms with Crippen LogP contribution in [0.5, 0.6) is 0 Å². The highest BCUT2D eigenvalue weighted by atomic mass is 16.5. The first-order chi connectivity index (χ1) is 14.6. The van der Waals surface area contributed by atoms with Gasteiger partial charge in [0.25, 0.3) is 0 Å². The SMILES string of the molecule is CCOC(=O)c1ccc(NC(=O)CN2C(=O)C3CCCC3=Nc3ccccc32)cc1. The number of para-hydroxylation sites is 2. The first-order valence-corrected chi connectivity index (χ1v) is 10.1. The van der Waals surface area contributed by atoms with Crippen molar-refractivity contribution < 1.29 is 19.1 Å². The number of aliphatic imine (C=N–C) groups is 1. The molecule has 1 unspecified atom stereocenters. The van der Waals surface area contributed by atoms with Gasteiger partial charge in [-0.2, -0.15) is 0 Å². The number of ether oxygens (including phenoxy) is 1. The zero-order valence-corrected chi connectivity index (χ0v) is 16.8. The van der Waals surface area contributed by atoms with E-state index in [4.69, 9.17) is 9.73 Å². The molecule has 2 amide bonds. The molecular formula is C23H23N3O4. The average Bonchev–Trinajstić information content (AvgIpc) is 3.17. The average molecular weight is 405 g/mol. The van der Waals surface area contributed by atoms with Crippen LogP contribution >= 0.6 is 0 Å². The molecule has 1 heterocycles. The first-order valence-electron chi connectivity index (χ1n) is 10.1. The van der Waals surface area contributed by atoms with Crippen LogP contribution in [-0.4, -0.2) is 36.6 Å². The number of esters is 1. The summed E-state index contributed by atoms with van der Waals surface area (Å²) in [6.07, 6.45) is 2.51. The molecule has 0 bridgehead atoms. The molecule has 30 heavy (non-hydrogen) atoms. The Bertz CT molecular complexity index is 1010. The van der Waals surface area contributed by atoms with Crippen molar-refractivity contribution in [2.45, 2.75) is 26.2 Å². The lowest BCUT2D eigenvalue weighted by molar-refractivity contribution is -0.122. The van der Waals surface area contributed by atoms with Gasteiger partial charge in [0, 0.05) is 11.4 Å². The maximum Gasteiger partial charge on any atom is 0.338 e. The van der Waals surface area contributed by atoms with Gasteiger partial charge in [0.15, 0.2) is 0 Å². The van der Waals surface area contributed by atoms with Crippen LogP contribution in [0.4, 0.5) is 17.1 Å². The molecule has 7 nitrogen and oxygen atoms in total. The molecule has 1 aliphatic heterocycles. The van der Waals surface area contributed by atoms with Crippen LogP contribution in [0.3, 0.4) is 0 Å². The molecule has 0 aromatic heterocycles. The van der Waals surface area contributed by atoms with Crippen LogP contribution in [0.25, 0.3) is 0 Å². The lowest BCUT2D eigenvalue weighted by atomic mass is 10.1. The van der Waals surface area contributed by atoms with Gasteiger partial charge in [0.05, 0.1) is 29.5 Å². The third-order valence-corrected chi connectivity index (χ3v) is 5.31. The summed E-state index contributed by atoms with van der Waals surface area (Å²) in [7, 11) is 0. The van der Waals surface area contributed by atoms with Crippen molar-refractivity contribution in [3.8, 4) is 0 Å². The number of benzene rings is 2. The Morgan fingerprint density at radius 3 is 2.70 bits per heavy atom. The molecule has 1 aliphatic carbocycles. The molecule has 1 saturated carbocycles. The lowest BCUT2D eigenvalue weighted by Crippen LogP contribution is -2.41. The van der Waals surface area contributed by atoms with E-state index >= 15 is 0 Å². The molecule has 1 fully saturated rings. The summed E-state index contributed by atoms with van der Waals surface area (Å²) < 4.78 is 4.96. The number of carbonyl (C=O) groups is 3. The number of hydrogen-bond donors (Lipinski definition) is 1. The lowest BCUT2D eigenvalue weighted by Gasteiger charge is -2.24. The summed E-state index contributed by atoms with van der Waals surface area (Å²) in [5.74, 6) is -1.06. The van der Waals surface area contributed by atoms with Crippen LogP contribution in [-0.2, 0) is 14.3 Å². The minimum atomic E-state index is -0.408. The first kappa shape index (κ1) is 19.8.